The minimum atomic E-state index is -0.242. The van der Waals surface area contributed by atoms with Crippen LogP contribution in [0.25, 0.3) is 11.0 Å². The number of aromatic nitrogens is 4. The molecule has 0 spiro atoms. The topological polar surface area (TPSA) is 85.1 Å². The first-order chi connectivity index (χ1) is 11.5. The lowest BCUT2D eigenvalue weighted by atomic mass is 9.99. The molecule has 1 amide bonds. The first-order valence-corrected chi connectivity index (χ1v) is 8.41. The molecule has 3 heterocycles. The maximum Gasteiger partial charge on any atom is 0.264 e. The highest BCUT2D eigenvalue weighted by Crippen LogP contribution is 2.15. The Kier molecular flexibility index (Phi) is 4.94. The number of likely N-dealkylation sites (tertiary alicyclic amines) is 1. The van der Waals surface area contributed by atoms with Crippen molar-refractivity contribution in [2.24, 2.45) is 13.0 Å². The lowest BCUT2D eigenvalue weighted by molar-refractivity contribution is -0.121. The van der Waals surface area contributed by atoms with E-state index in [1.165, 1.54) is 29.9 Å². The molecule has 0 radical (unpaired) electrons. The molecule has 0 bridgehead atoms. The molecule has 1 fully saturated rings. The number of amides is 1. The van der Waals surface area contributed by atoms with Gasteiger partial charge in [-0.25, -0.2) is 4.98 Å². The number of piperidine rings is 1. The van der Waals surface area contributed by atoms with Gasteiger partial charge in [0.05, 0.1) is 6.20 Å². The van der Waals surface area contributed by atoms with Crippen LogP contribution in [0.3, 0.4) is 0 Å². The van der Waals surface area contributed by atoms with E-state index in [9.17, 15) is 9.59 Å². The molecule has 1 N–H and O–H groups in total. The van der Waals surface area contributed by atoms with E-state index in [0.29, 0.717) is 17.6 Å². The van der Waals surface area contributed by atoms with Gasteiger partial charge in [-0.2, -0.15) is 5.10 Å². The highest BCUT2D eigenvalue weighted by Gasteiger charge is 2.15. The molecule has 1 aliphatic heterocycles. The predicted octanol–water partition coefficient (Wildman–Crippen LogP) is -0.0219. The second-order valence-electron chi connectivity index (χ2n) is 6.56. The predicted molar refractivity (Wildman–Crippen MR) is 90.6 cm³/mol. The summed E-state index contributed by atoms with van der Waals surface area (Å²) in [6.45, 7) is 5.91. The Morgan fingerprint density at radius 1 is 1.38 bits per heavy atom. The van der Waals surface area contributed by atoms with Crippen molar-refractivity contribution in [2.75, 3.05) is 26.2 Å². The van der Waals surface area contributed by atoms with Gasteiger partial charge in [0.15, 0.2) is 5.65 Å². The van der Waals surface area contributed by atoms with Crippen LogP contribution in [0, 0.1) is 5.92 Å². The molecule has 1 saturated heterocycles. The molecule has 2 aromatic heterocycles. The third-order valence-corrected chi connectivity index (χ3v) is 4.66. The van der Waals surface area contributed by atoms with Gasteiger partial charge in [-0.3, -0.25) is 18.8 Å². The number of rotatable bonds is 5. The van der Waals surface area contributed by atoms with Crippen molar-refractivity contribution >= 4 is 16.9 Å². The zero-order chi connectivity index (χ0) is 17.1. The maximum absolute atomic E-state index is 12.3. The van der Waals surface area contributed by atoms with Crippen molar-refractivity contribution in [1.82, 2.24) is 29.5 Å². The molecule has 0 saturated carbocycles. The van der Waals surface area contributed by atoms with Crippen LogP contribution in [-0.4, -0.2) is 56.3 Å². The Balaban J connectivity index is 1.52. The molecule has 0 aliphatic carbocycles. The monoisotopic (exact) mass is 332 g/mol. The van der Waals surface area contributed by atoms with Crippen LogP contribution in [0.5, 0.6) is 0 Å². The third-order valence-electron chi connectivity index (χ3n) is 4.66. The first kappa shape index (κ1) is 16.6. The highest BCUT2D eigenvalue weighted by molar-refractivity contribution is 5.77. The van der Waals surface area contributed by atoms with E-state index < -0.39 is 0 Å². The van der Waals surface area contributed by atoms with Crippen LogP contribution in [-0.2, 0) is 18.4 Å². The zero-order valence-electron chi connectivity index (χ0n) is 14.2. The van der Waals surface area contributed by atoms with Crippen molar-refractivity contribution in [3.05, 3.63) is 22.9 Å². The summed E-state index contributed by atoms with van der Waals surface area (Å²) in [5, 5.41) is 7.33. The minimum Gasteiger partial charge on any atom is -0.353 e. The van der Waals surface area contributed by atoms with E-state index in [1.807, 2.05) is 0 Å². The lowest BCUT2D eigenvalue weighted by Gasteiger charge is -2.30. The fourth-order valence-corrected chi connectivity index (χ4v) is 3.03. The van der Waals surface area contributed by atoms with E-state index in [2.05, 4.69) is 27.2 Å². The number of aryl methyl sites for hydroxylation is 1. The number of nitrogens with zero attached hydrogens (tertiary/aromatic N) is 5. The smallest absolute Gasteiger partial charge is 0.264 e. The number of nitrogens with one attached hydrogen (secondary N) is 1. The van der Waals surface area contributed by atoms with Gasteiger partial charge in [-0.05, 0) is 31.8 Å². The SMILES string of the molecule is CC1CCN(CCNC(=O)Cn2cnc3c(cnn3C)c2=O)CC1. The van der Waals surface area contributed by atoms with Crippen LogP contribution >= 0.6 is 0 Å². The molecule has 1 aliphatic rings. The number of carbonyl (C=O) groups is 1. The molecule has 8 nitrogen and oxygen atoms in total. The van der Waals surface area contributed by atoms with E-state index in [0.717, 1.165) is 25.6 Å². The molecular formula is C16H24N6O2. The number of fused-ring (bicyclic) bond motifs is 1. The van der Waals surface area contributed by atoms with Gasteiger partial charge in [0.1, 0.15) is 18.3 Å². The molecule has 2 aromatic rings. The molecule has 130 valence electrons. The molecule has 24 heavy (non-hydrogen) atoms. The van der Waals surface area contributed by atoms with Crippen LogP contribution in [0.1, 0.15) is 19.8 Å². The highest BCUT2D eigenvalue weighted by atomic mass is 16.2. The zero-order valence-corrected chi connectivity index (χ0v) is 14.2. The van der Waals surface area contributed by atoms with Gasteiger partial charge in [-0.1, -0.05) is 6.92 Å². The molecule has 0 unspecified atom stereocenters. The quantitative estimate of drug-likeness (QED) is 0.832. The summed E-state index contributed by atoms with van der Waals surface area (Å²) in [5.41, 5.74) is 0.282. The summed E-state index contributed by atoms with van der Waals surface area (Å²) < 4.78 is 2.86. The average Bonchev–Trinajstić information content (AvgIpc) is 2.94. The standard InChI is InChI=1S/C16H24N6O2/c1-12-3-6-21(7-4-12)8-5-17-14(23)10-22-11-18-15-13(16(22)24)9-19-20(15)2/h9,11-12H,3-8,10H2,1-2H3,(H,17,23). The van der Waals surface area contributed by atoms with Crippen molar-refractivity contribution in [3.8, 4) is 0 Å². The van der Waals surface area contributed by atoms with E-state index in [-0.39, 0.29) is 18.0 Å². The normalized spacial score (nSPS) is 16.6. The van der Waals surface area contributed by atoms with E-state index in [4.69, 9.17) is 0 Å². The van der Waals surface area contributed by atoms with Crippen molar-refractivity contribution in [3.63, 3.8) is 0 Å². The second kappa shape index (κ2) is 7.12. The molecule has 0 atom stereocenters. The Hall–Kier alpha value is -2.22. The fourth-order valence-electron chi connectivity index (χ4n) is 3.03. The maximum atomic E-state index is 12.3. The second-order valence-corrected chi connectivity index (χ2v) is 6.56. The molecule has 3 rings (SSSR count). The Bertz CT molecular complexity index is 772. The number of carbonyl (C=O) groups excluding carboxylic acids is 1. The van der Waals surface area contributed by atoms with Crippen molar-refractivity contribution in [1.29, 1.82) is 0 Å². The summed E-state index contributed by atoms with van der Waals surface area (Å²) in [6.07, 6.45) is 5.33. The summed E-state index contributed by atoms with van der Waals surface area (Å²) in [7, 11) is 1.73. The van der Waals surface area contributed by atoms with Gasteiger partial charge in [0.25, 0.3) is 5.56 Å². The number of hydrogen-bond acceptors (Lipinski definition) is 5. The molecule has 0 aromatic carbocycles. The van der Waals surface area contributed by atoms with E-state index >= 15 is 0 Å². The summed E-state index contributed by atoms with van der Waals surface area (Å²) in [5.74, 6) is 0.630. The summed E-state index contributed by atoms with van der Waals surface area (Å²) in [6, 6.07) is 0. The van der Waals surface area contributed by atoms with Crippen LogP contribution in [0.2, 0.25) is 0 Å². The van der Waals surface area contributed by atoms with Gasteiger partial charge >= 0.3 is 0 Å². The third kappa shape index (κ3) is 3.64. The van der Waals surface area contributed by atoms with Crippen LogP contribution < -0.4 is 10.9 Å². The van der Waals surface area contributed by atoms with E-state index in [1.54, 1.807) is 11.7 Å². The summed E-state index contributed by atoms with van der Waals surface area (Å²) in [4.78, 5) is 30.9. The Labute approximate surface area is 140 Å². The van der Waals surface area contributed by atoms with Gasteiger partial charge in [0.2, 0.25) is 5.91 Å². The van der Waals surface area contributed by atoms with Crippen LogP contribution in [0.4, 0.5) is 0 Å². The van der Waals surface area contributed by atoms with Crippen LogP contribution in [0.15, 0.2) is 17.3 Å². The fraction of sp³-hybridized carbons (Fsp3) is 0.625. The summed E-state index contributed by atoms with van der Waals surface area (Å²) >= 11 is 0. The number of hydrogen-bond donors (Lipinski definition) is 1. The lowest BCUT2D eigenvalue weighted by Crippen LogP contribution is -2.40. The van der Waals surface area contributed by atoms with Gasteiger partial charge in [-0.15, -0.1) is 0 Å². The Morgan fingerprint density at radius 2 is 2.12 bits per heavy atom. The largest absolute Gasteiger partial charge is 0.353 e. The van der Waals surface area contributed by atoms with Gasteiger partial charge < -0.3 is 10.2 Å². The van der Waals surface area contributed by atoms with Crippen molar-refractivity contribution in [2.45, 2.75) is 26.3 Å². The Morgan fingerprint density at radius 3 is 2.88 bits per heavy atom. The molecular weight excluding hydrogens is 308 g/mol. The first-order valence-electron chi connectivity index (χ1n) is 8.41. The minimum absolute atomic E-state index is 0.0201. The van der Waals surface area contributed by atoms with Crippen molar-refractivity contribution < 1.29 is 4.79 Å². The average molecular weight is 332 g/mol. The molecule has 8 heteroatoms. The van der Waals surface area contributed by atoms with Gasteiger partial charge in [0, 0.05) is 20.1 Å².